The van der Waals surface area contributed by atoms with Crippen LogP contribution in [0.5, 0.6) is 0 Å². The Morgan fingerprint density at radius 1 is 1.10 bits per heavy atom. The Morgan fingerprint density at radius 3 is 2.43 bits per heavy atom. The SMILES string of the molecule is CNC(c1cc(C)c(C)cc1Cl)C1CC1c1ccccc1. The fourth-order valence-electron chi connectivity index (χ4n) is 3.31. The number of hydrogen-bond donors (Lipinski definition) is 1. The van der Waals surface area contributed by atoms with Crippen LogP contribution in [0.15, 0.2) is 42.5 Å². The van der Waals surface area contributed by atoms with Crippen molar-refractivity contribution in [2.75, 3.05) is 7.05 Å². The van der Waals surface area contributed by atoms with E-state index in [0.29, 0.717) is 17.9 Å². The maximum atomic E-state index is 6.50. The molecule has 1 saturated carbocycles. The van der Waals surface area contributed by atoms with Crippen molar-refractivity contribution in [2.45, 2.75) is 32.2 Å². The lowest BCUT2D eigenvalue weighted by atomic mass is 9.96. The molecule has 0 heterocycles. The van der Waals surface area contributed by atoms with Crippen molar-refractivity contribution in [2.24, 2.45) is 5.92 Å². The summed E-state index contributed by atoms with van der Waals surface area (Å²) in [4.78, 5) is 0. The van der Waals surface area contributed by atoms with Gasteiger partial charge in [-0.05, 0) is 67.5 Å². The lowest BCUT2D eigenvalue weighted by molar-refractivity contribution is 0.517. The Kier molecular flexibility index (Phi) is 4.05. The van der Waals surface area contributed by atoms with Crippen LogP contribution in [0.2, 0.25) is 5.02 Å². The van der Waals surface area contributed by atoms with E-state index in [1.807, 2.05) is 7.05 Å². The first-order valence-corrected chi connectivity index (χ1v) is 7.98. The van der Waals surface area contributed by atoms with Gasteiger partial charge in [-0.3, -0.25) is 0 Å². The van der Waals surface area contributed by atoms with E-state index in [0.717, 1.165) is 5.02 Å². The standard InChI is InChI=1S/C19H22ClN/c1-12-9-17(18(20)10-13(12)2)19(21-3)16-11-15(16)14-7-5-4-6-8-14/h4-10,15-16,19,21H,11H2,1-3H3. The number of benzene rings is 2. The monoisotopic (exact) mass is 299 g/mol. The summed E-state index contributed by atoms with van der Waals surface area (Å²) in [5, 5.41) is 4.37. The molecule has 0 bridgehead atoms. The number of rotatable bonds is 4. The van der Waals surface area contributed by atoms with Gasteiger partial charge in [0.05, 0.1) is 0 Å². The minimum absolute atomic E-state index is 0.335. The third kappa shape index (κ3) is 2.86. The molecule has 0 saturated heterocycles. The number of aryl methyl sites for hydroxylation is 2. The Hall–Kier alpha value is -1.31. The second-order valence-electron chi connectivity index (χ2n) is 6.14. The third-order valence-corrected chi connectivity index (χ3v) is 5.08. The molecule has 0 aliphatic heterocycles. The van der Waals surface area contributed by atoms with Crippen LogP contribution in [-0.2, 0) is 0 Å². The van der Waals surface area contributed by atoms with Crippen molar-refractivity contribution in [1.82, 2.24) is 5.32 Å². The van der Waals surface area contributed by atoms with E-state index in [9.17, 15) is 0 Å². The van der Waals surface area contributed by atoms with Crippen molar-refractivity contribution >= 4 is 11.6 Å². The van der Waals surface area contributed by atoms with E-state index < -0.39 is 0 Å². The Morgan fingerprint density at radius 2 is 1.76 bits per heavy atom. The molecule has 1 N–H and O–H groups in total. The fraction of sp³-hybridized carbons (Fsp3) is 0.368. The van der Waals surface area contributed by atoms with Gasteiger partial charge in [0.1, 0.15) is 0 Å². The van der Waals surface area contributed by atoms with Gasteiger partial charge in [-0.1, -0.05) is 48.0 Å². The molecule has 3 rings (SSSR count). The molecule has 2 heteroatoms. The molecule has 3 atom stereocenters. The average molecular weight is 300 g/mol. The molecule has 2 aromatic carbocycles. The lowest BCUT2D eigenvalue weighted by Gasteiger charge is -2.20. The number of halogens is 1. The maximum absolute atomic E-state index is 6.50. The quantitative estimate of drug-likeness (QED) is 0.836. The molecule has 2 aromatic rings. The van der Waals surface area contributed by atoms with Crippen LogP contribution in [0, 0.1) is 19.8 Å². The summed E-state index contributed by atoms with van der Waals surface area (Å²) in [6, 6.07) is 15.5. The van der Waals surface area contributed by atoms with Gasteiger partial charge in [-0.25, -0.2) is 0 Å². The minimum atomic E-state index is 0.335. The van der Waals surface area contributed by atoms with Gasteiger partial charge in [0.2, 0.25) is 0 Å². The Labute approximate surface area is 132 Å². The van der Waals surface area contributed by atoms with Crippen LogP contribution >= 0.6 is 11.6 Å². The predicted molar refractivity (Wildman–Crippen MR) is 90.0 cm³/mol. The zero-order valence-electron chi connectivity index (χ0n) is 12.9. The van der Waals surface area contributed by atoms with Crippen molar-refractivity contribution in [1.29, 1.82) is 0 Å². The van der Waals surface area contributed by atoms with E-state index in [1.54, 1.807) is 0 Å². The van der Waals surface area contributed by atoms with Crippen LogP contribution in [0.1, 0.15) is 40.6 Å². The van der Waals surface area contributed by atoms with Gasteiger partial charge < -0.3 is 5.32 Å². The molecule has 0 spiro atoms. The van der Waals surface area contributed by atoms with Crippen molar-refractivity contribution < 1.29 is 0 Å². The molecule has 1 nitrogen and oxygen atoms in total. The largest absolute Gasteiger partial charge is 0.313 e. The predicted octanol–water partition coefficient (Wildman–Crippen LogP) is 5.02. The van der Waals surface area contributed by atoms with Crippen LogP contribution in [-0.4, -0.2) is 7.05 Å². The normalized spacial score (nSPS) is 22.1. The van der Waals surface area contributed by atoms with E-state index in [4.69, 9.17) is 11.6 Å². The molecule has 110 valence electrons. The zero-order chi connectivity index (χ0) is 15.0. The Balaban J connectivity index is 1.86. The highest BCUT2D eigenvalue weighted by Crippen LogP contribution is 2.54. The maximum Gasteiger partial charge on any atom is 0.0456 e. The smallest absolute Gasteiger partial charge is 0.0456 e. The average Bonchev–Trinajstić information content (AvgIpc) is 3.26. The molecule has 0 radical (unpaired) electrons. The molecule has 0 amide bonds. The van der Waals surface area contributed by atoms with Gasteiger partial charge in [0.15, 0.2) is 0 Å². The van der Waals surface area contributed by atoms with Gasteiger partial charge in [0, 0.05) is 11.1 Å². The van der Waals surface area contributed by atoms with Crippen molar-refractivity contribution in [3.8, 4) is 0 Å². The second-order valence-corrected chi connectivity index (χ2v) is 6.55. The van der Waals surface area contributed by atoms with Gasteiger partial charge in [-0.2, -0.15) is 0 Å². The summed E-state index contributed by atoms with van der Waals surface area (Å²) in [6.45, 7) is 4.27. The van der Waals surface area contributed by atoms with E-state index in [2.05, 4.69) is 61.6 Å². The van der Waals surface area contributed by atoms with Crippen LogP contribution < -0.4 is 5.32 Å². The molecule has 0 aromatic heterocycles. The topological polar surface area (TPSA) is 12.0 Å². The molecular weight excluding hydrogens is 278 g/mol. The third-order valence-electron chi connectivity index (χ3n) is 4.75. The lowest BCUT2D eigenvalue weighted by Crippen LogP contribution is -2.19. The van der Waals surface area contributed by atoms with Crippen LogP contribution in [0.3, 0.4) is 0 Å². The van der Waals surface area contributed by atoms with Crippen LogP contribution in [0.25, 0.3) is 0 Å². The van der Waals surface area contributed by atoms with E-state index >= 15 is 0 Å². The first-order valence-electron chi connectivity index (χ1n) is 7.60. The van der Waals surface area contributed by atoms with Gasteiger partial charge >= 0.3 is 0 Å². The summed E-state index contributed by atoms with van der Waals surface area (Å²) < 4.78 is 0. The summed E-state index contributed by atoms with van der Waals surface area (Å²) in [5.74, 6) is 1.29. The number of hydrogen-bond acceptors (Lipinski definition) is 1. The highest BCUT2D eigenvalue weighted by molar-refractivity contribution is 6.31. The van der Waals surface area contributed by atoms with Gasteiger partial charge in [-0.15, -0.1) is 0 Å². The highest BCUT2D eigenvalue weighted by atomic mass is 35.5. The zero-order valence-corrected chi connectivity index (χ0v) is 13.6. The molecule has 1 aliphatic carbocycles. The van der Waals surface area contributed by atoms with E-state index in [-0.39, 0.29) is 0 Å². The second kappa shape index (κ2) is 5.82. The molecular formula is C19H22ClN. The first-order chi connectivity index (χ1) is 10.1. The van der Waals surface area contributed by atoms with Crippen LogP contribution in [0.4, 0.5) is 0 Å². The molecule has 3 unspecified atom stereocenters. The molecule has 1 fully saturated rings. The summed E-state index contributed by atoms with van der Waals surface area (Å²) in [6.07, 6.45) is 1.23. The van der Waals surface area contributed by atoms with Crippen molar-refractivity contribution in [3.63, 3.8) is 0 Å². The van der Waals surface area contributed by atoms with Gasteiger partial charge in [0.25, 0.3) is 0 Å². The highest BCUT2D eigenvalue weighted by Gasteiger charge is 2.44. The summed E-state index contributed by atoms with van der Waals surface area (Å²) >= 11 is 6.50. The molecule has 1 aliphatic rings. The fourth-order valence-corrected chi connectivity index (χ4v) is 3.64. The number of nitrogens with one attached hydrogen (secondary N) is 1. The summed E-state index contributed by atoms with van der Waals surface area (Å²) in [5.41, 5.74) is 5.26. The van der Waals surface area contributed by atoms with Crippen molar-refractivity contribution in [3.05, 3.63) is 69.7 Å². The Bertz CT molecular complexity index is 636. The first kappa shape index (κ1) is 14.6. The van der Waals surface area contributed by atoms with E-state index in [1.165, 1.54) is 28.7 Å². The summed E-state index contributed by atoms with van der Waals surface area (Å²) in [7, 11) is 2.04. The molecule has 21 heavy (non-hydrogen) atoms. The minimum Gasteiger partial charge on any atom is -0.313 e.